The molecule has 0 saturated heterocycles. The van der Waals surface area contributed by atoms with Gasteiger partial charge in [0, 0.05) is 11.8 Å². The third-order valence-corrected chi connectivity index (χ3v) is 2.36. The fourth-order valence-electron chi connectivity index (χ4n) is 1.35. The predicted octanol–water partition coefficient (Wildman–Crippen LogP) is 2.24. The second kappa shape index (κ2) is 8.29. The van der Waals surface area contributed by atoms with Crippen LogP contribution in [0.4, 0.5) is 16.2 Å². The lowest BCUT2D eigenvalue weighted by atomic mass is 10.2. The number of hydrogen-bond donors (Lipinski definition) is 1. The Morgan fingerprint density at radius 3 is 2.76 bits per heavy atom. The Kier molecular flexibility index (Phi) is 6.37. The van der Waals surface area contributed by atoms with E-state index >= 15 is 0 Å². The quantitative estimate of drug-likeness (QED) is 0.285. The van der Waals surface area contributed by atoms with Crippen molar-refractivity contribution in [3.05, 3.63) is 36.4 Å². The Bertz CT molecular complexity index is 591. The molecule has 0 aliphatic heterocycles. The first-order valence-corrected chi connectivity index (χ1v) is 5.98. The summed E-state index contributed by atoms with van der Waals surface area (Å²) in [5, 5.41) is 2.50. The van der Waals surface area contributed by atoms with Crippen LogP contribution in [0, 0.1) is 6.92 Å². The zero-order chi connectivity index (χ0) is 15.7. The monoisotopic (exact) mass is 290 g/mol. The fourth-order valence-corrected chi connectivity index (χ4v) is 1.35. The Morgan fingerprint density at radius 1 is 1.38 bits per heavy atom. The van der Waals surface area contributed by atoms with E-state index in [1.807, 2.05) is 0 Å². The first-order chi connectivity index (χ1) is 10.1. The minimum atomic E-state index is -0.708. The molecule has 1 aromatic rings. The summed E-state index contributed by atoms with van der Waals surface area (Å²) >= 11 is 0. The number of rotatable bonds is 6. The highest BCUT2D eigenvalue weighted by Gasteiger charge is 2.07. The molecule has 0 saturated carbocycles. The van der Waals surface area contributed by atoms with Gasteiger partial charge in [-0.1, -0.05) is 12.6 Å². The Morgan fingerprint density at radius 2 is 2.10 bits per heavy atom. The van der Waals surface area contributed by atoms with Gasteiger partial charge >= 0.3 is 12.1 Å². The highest BCUT2D eigenvalue weighted by atomic mass is 16.6. The van der Waals surface area contributed by atoms with Gasteiger partial charge in [0.2, 0.25) is 6.08 Å². The lowest BCUT2D eigenvalue weighted by Gasteiger charge is -2.09. The Balaban J connectivity index is 2.50. The normalized spacial score (nSPS) is 9.19. The Labute approximate surface area is 121 Å². The van der Waals surface area contributed by atoms with Gasteiger partial charge < -0.3 is 9.47 Å². The average molecular weight is 290 g/mol. The molecule has 1 aromatic carbocycles. The number of carbonyl (C=O) groups is 2. The lowest BCUT2D eigenvalue weighted by Crippen LogP contribution is -2.18. The zero-order valence-corrected chi connectivity index (χ0v) is 11.4. The van der Waals surface area contributed by atoms with Crippen LogP contribution >= 0.6 is 0 Å². The van der Waals surface area contributed by atoms with Crippen molar-refractivity contribution in [3.8, 4) is 0 Å². The van der Waals surface area contributed by atoms with Gasteiger partial charge in [0.25, 0.3) is 0 Å². The molecule has 7 nitrogen and oxygen atoms in total. The van der Waals surface area contributed by atoms with Gasteiger partial charge in [-0.2, -0.15) is 4.99 Å². The molecule has 1 rings (SSSR count). The summed E-state index contributed by atoms with van der Waals surface area (Å²) in [6.45, 7) is 4.86. The second-order valence-electron chi connectivity index (χ2n) is 3.83. The van der Waals surface area contributed by atoms with Crippen molar-refractivity contribution in [1.82, 2.24) is 0 Å². The van der Waals surface area contributed by atoms with E-state index in [0.717, 1.165) is 11.6 Å². The van der Waals surface area contributed by atoms with Gasteiger partial charge in [-0.3, -0.25) is 5.32 Å². The maximum Gasteiger partial charge on any atom is 0.411 e. The van der Waals surface area contributed by atoms with Crippen molar-refractivity contribution in [3.63, 3.8) is 0 Å². The molecule has 0 aliphatic rings. The topological polar surface area (TPSA) is 94.1 Å². The number of esters is 1. The first-order valence-electron chi connectivity index (χ1n) is 5.98. The molecule has 0 radical (unpaired) electrons. The first kappa shape index (κ1) is 16.1. The lowest BCUT2D eigenvalue weighted by molar-refractivity contribution is -0.138. The maximum atomic E-state index is 11.5. The van der Waals surface area contributed by atoms with E-state index in [2.05, 4.69) is 21.6 Å². The summed E-state index contributed by atoms with van der Waals surface area (Å²) in [4.78, 5) is 35.9. The van der Waals surface area contributed by atoms with Crippen LogP contribution in [0.25, 0.3) is 0 Å². The van der Waals surface area contributed by atoms with E-state index in [4.69, 9.17) is 4.74 Å². The largest absolute Gasteiger partial charge is 0.459 e. The van der Waals surface area contributed by atoms with Crippen molar-refractivity contribution >= 4 is 29.5 Å². The number of benzene rings is 1. The Hall–Kier alpha value is -2.92. The van der Waals surface area contributed by atoms with E-state index in [1.165, 1.54) is 12.1 Å². The molecule has 0 atom stereocenters. The van der Waals surface area contributed by atoms with Crippen molar-refractivity contribution in [1.29, 1.82) is 0 Å². The molecular weight excluding hydrogens is 276 g/mol. The van der Waals surface area contributed by atoms with E-state index in [9.17, 15) is 14.4 Å². The molecule has 0 bridgehead atoms. The molecule has 0 fully saturated rings. The van der Waals surface area contributed by atoms with E-state index in [1.54, 1.807) is 19.1 Å². The number of anilines is 1. The SMILES string of the molecule is C=CC(=O)OCCOC(=O)Nc1cc(N=C=O)ccc1C. The highest BCUT2D eigenvalue weighted by Crippen LogP contribution is 2.22. The molecular formula is C14H14N2O5. The molecule has 110 valence electrons. The number of aryl methyl sites for hydroxylation is 1. The van der Waals surface area contributed by atoms with Crippen molar-refractivity contribution < 1.29 is 23.9 Å². The second-order valence-corrected chi connectivity index (χ2v) is 3.83. The molecule has 1 N–H and O–H groups in total. The minimum Gasteiger partial charge on any atom is -0.459 e. The maximum absolute atomic E-state index is 11.5. The van der Waals surface area contributed by atoms with Crippen molar-refractivity contribution in [2.45, 2.75) is 6.92 Å². The summed E-state index contributed by atoms with van der Waals surface area (Å²) in [6, 6.07) is 4.82. The van der Waals surface area contributed by atoms with Crippen molar-refractivity contribution in [2.24, 2.45) is 4.99 Å². The summed E-state index contributed by atoms with van der Waals surface area (Å²) in [5.41, 5.74) is 1.60. The molecule has 0 aliphatic carbocycles. The predicted molar refractivity (Wildman–Crippen MR) is 75.1 cm³/mol. The standard InChI is InChI=1S/C14H14N2O5/c1-3-13(18)20-6-7-21-14(19)16-12-8-11(15-9-17)5-4-10(12)2/h3-5,8H,1,6-7H2,2H3,(H,16,19). The van der Waals surface area contributed by atoms with Gasteiger partial charge in [-0.15, -0.1) is 0 Å². The molecule has 0 unspecified atom stereocenters. The third kappa shape index (κ3) is 5.71. The number of aliphatic imine (C=N–C) groups is 1. The average Bonchev–Trinajstić information content (AvgIpc) is 2.47. The number of nitrogens with zero attached hydrogens (tertiary/aromatic N) is 1. The molecule has 1 amide bonds. The minimum absolute atomic E-state index is 0.0628. The van der Waals surface area contributed by atoms with Crippen LogP contribution in [-0.4, -0.2) is 31.4 Å². The molecule has 0 aromatic heterocycles. The number of isocyanates is 1. The fraction of sp³-hybridized carbons (Fsp3) is 0.214. The van der Waals surface area contributed by atoms with E-state index < -0.39 is 12.1 Å². The third-order valence-electron chi connectivity index (χ3n) is 2.36. The summed E-state index contributed by atoms with van der Waals surface area (Å²) in [5.74, 6) is -0.589. The van der Waals surface area contributed by atoms with E-state index in [-0.39, 0.29) is 13.2 Å². The van der Waals surface area contributed by atoms with E-state index in [0.29, 0.717) is 11.4 Å². The van der Waals surface area contributed by atoms with Crippen LogP contribution in [0.15, 0.2) is 35.8 Å². The van der Waals surface area contributed by atoms with Gasteiger partial charge in [-0.05, 0) is 24.6 Å². The van der Waals surface area contributed by atoms with Gasteiger partial charge in [-0.25, -0.2) is 14.4 Å². The van der Waals surface area contributed by atoms with Crippen LogP contribution in [0.5, 0.6) is 0 Å². The molecule has 21 heavy (non-hydrogen) atoms. The summed E-state index contributed by atoms with van der Waals surface area (Å²) in [6.07, 6.45) is 1.72. The smallest absolute Gasteiger partial charge is 0.411 e. The molecule has 7 heteroatoms. The highest BCUT2D eigenvalue weighted by molar-refractivity contribution is 5.86. The number of amides is 1. The molecule has 0 spiro atoms. The van der Waals surface area contributed by atoms with Crippen LogP contribution in [0.2, 0.25) is 0 Å². The summed E-state index contributed by atoms with van der Waals surface area (Å²) < 4.78 is 9.47. The zero-order valence-electron chi connectivity index (χ0n) is 11.4. The number of ether oxygens (including phenoxy) is 2. The summed E-state index contributed by atoms with van der Waals surface area (Å²) in [7, 11) is 0. The van der Waals surface area contributed by atoms with Gasteiger partial charge in [0.1, 0.15) is 13.2 Å². The van der Waals surface area contributed by atoms with Crippen LogP contribution in [-0.2, 0) is 19.1 Å². The van der Waals surface area contributed by atoms with Crippen LogP contribution in [0.1, 0.15) is 5.56 Å². The van der Waals surface area contributed by atoms with Crippen LogP contribution in [0.3, 0.4) is 0 Å². The number of carbonyl (C=O) groups excluding carboxylic acids is 3. The number of hydrogen-bond acceptors (Lipinski definition) is 6. The number of nitrogens with one attached hydrogen (secondary N) is 1. The van der Waals surface area contributed by atoms with Gasteiger partial charge in [0.05, 0.1) is 5.69 Å². The van der Waals surface area contributed by atoms with Crippen molar-refractivity contribution in [2.75, 3.05) is 18.5 Å². The van der Waals surface area contributed by atoms with Gasteiger partial charge in [0.15, 0.2) is 0 Å². The molecule has 0 heterocycles. The van der Waals surface area contributed by atoms with Crippen LogP contribution < -0.4 is 5.32 Å².